The fraction of sp³-hybridized carbons (Fsp3) is 0.692. The van der Waals surface area contributed by atoms with Crippen LogP contribution in [0, 0.1) is 0 Å². The Balaban J connectivity index is 1.98. The van der Waals surface area contributed by atoms with Crippen molar-refractivity contribution in [3.63, 3.8) is 0 Å². The summed E-state index contributed by atoms with van der Waals surface area (Å²) in [5, 5.41) is 10.7. The SMILES string of the molecule is CCN1CCCC(O)(Cc2ccc(Cl)s2)CC1. The number of likely N-dealkylation sites (tertiary alicyclic amines) is 1. The number of thiophene rings is 1. The third-order valence-corrected chi connectivity index (χ3v) is 4.82. The molecule has 0 amide bonds. The molecule has 0 bridgehead atoms. The molecule has 1 aromatic heterocycles. The summed E-state index contributed by atoms with van der Waals surface area (Å²) in [6.45, 7) is 5.39. The molecule has 96 valence electrons. The van der Waals surface area contributed by atoms with Crippen LogP contribution in [0.2, 0.25) is 4.34 Å². The molecule has 2 nitrogen and oxygen atoms in total. The van der Waals surface area contributed by atoms with Gasteiger partial charge in [-0.2, -0.15) is 0 Å². The average Bonchev–Trinajstić information content (AvgIpc) is 2.59. The van der Waals surface area contributed by atoms with Gasteiger partial charge in [-0.25, -0.2) is 0 Å². The minimum Gasteiger partial charge on any atom is -0.389 e. The molecular weight excluding hydrogens is 254 g/mol. The third kappa shape index (κ3) is 3.68. The maximum absolute atomic E-state index is 10.7. The van der Waals surface area contributed by atoms with Crippen molar-refractivity contribution in [2.24, 2.45) is 0 Å². The molecule has 1 aromatic rings. The van der Waals surface area contributed by atoms with E-state index in [9.17, 15) is 5.11 Å². The van der Waals surface area contributed by atoms with E-state index in [1.165, 1.54) is 4.88 Å². The first-order valence-corrected chi connectivity index (χ1v) is 7.50. The van der Waals surface area contributed by atoms with Gasteiger partial charge in [-0.1, -0.05) is 18.5 Å². The summed E-state index contributed by atoms with van der Waals surface area (Å²) < 4.78 is 0.812. The normalized spacial score (nSPS) is 27.0. The maximum atomic E-state index is 10.7. The van der Waals surface area contributed by atoms with Crippen molar-refractivity contribution in [1.29, 1.82) is 0 Å². The van der Waals surface area contributed by atoms with Crippen LogP contribution in [0.15, 0.2) is 12.1 Å². The molecule has 1 aliphatic rings. The summed E-state index contributed by atoms with van der Waals surface area (Å²) in [5.74, 6) is 0. The second-order valence-corrected chi connectivity index (χ2v) is 6.69. The molecule has 1 N–H and O–H groups in total. The van der Waals surface area contributed by atoms with Gasteiger partial charge in [-0.15, -0.1) is 11.3 Å². The van der Waals surface area contributed by atoms with Crippen LogP contribution in [0.25, 0.3) is 0 Å². The topological polar surface area (TPSA) is 23.5 Å². The van der Waals surface area contributed by atoms with Gasteiger partial charge in [-0.05, 0) is 44.5 Å². The van der Waals surface area contributed by atoms with Gasteiger partial charge < -0.3 is 10.0 Å². The minimum absolute atomic E-state index is 0.530. The molecule has 0 aromatic carbocycles. The van der Waals surface area contributed by atoms with Gasteiger partial charge in [-0.3, -0.25) is 0 Å². The quantitative estimate of drug-likeness (QED) is 0.914. The molecule has 1 fully saturated rings. The Hall–Kier alpha value is -0.0900. The van der Waals surface area contributed by atoms with Crippen LogP contribution in [-0.2, 0) is 6.42 Å². The van der Waals surface area contributed by atoms with E-state index in [0.29, 0.717) is 0 Å². The molecule has 1 aliphatic heterocycles. The fourth-order valence-corrected chi connectivity index (χ4v) is 3.72. The number of hydrogen-bond donors (Lipinski definition) is 1. The zero-order chi connectivity index (χ0) is 12.3. The molecule has 0 saturated carbocycles. The first-order chi connectivity index (χ1) is 8.11. The molecule has 2 rings (SSSR count). The molecule has 2 heterocycles. The van der Waals surface area contributed by atoms with Gasteiger partial charge in [0.25, 0.3) is 0 Å². The standard InChI is InChI=1S/C13H20ClNOS/c1-2-15-8-3-6-13(16,7-9-15)10-11-4-5-12(14)17-11/h4-5,16H,2-3,6-10H2,1H3. The lowest BCUT2D eigenvalue weighted by Crippen LogP contribution is -2.33. The second kappa shape index (κ2) is 5.70. The van der Waals surface area contributed by atoms with Crippen molar-refractivity contribution < 1.29 is 5.11 Å². The van der Waals surface area contributed by atoms with Crippen molar-refractivity contribution in [3.05, 3.63) is 21.3 Å². The third-order valence-electron chi connectivity index (χ3n) is 3.59. The monoisotopic (exact) mass is 273 g/mol. The van der Waals surface area contributed by atoms with Crippen molar-refractivity contribution in [1.82, 2.24) is 4.90 Å². The molecule has 1 atom stereocenters. The molecule has 1 saturated heterocycles. The van der Waals surface area contributed by atoms with Crippen LogP contribution in [0.1, 0.15) is 31.1 Å². The maximum Gasteiger partial charge on any atom is 0.0931 e. The van der Waals surface area contributed by atoms with E-state index in [0.717, 1.165) is 49.7 Å². The van der Waals surface area contributed by atoms with Crippen LogP contribution in [0.4, 0.5) is 0 Å². The minimum atomic E-state index is -0.530. The Morgan fingerprint density at radius 2 is 2.24 bits per heavy atom. The predicted molar refractivity (Wildman–Crippen MR) is 73.9 cm³/mol. The number of rotatable bonds is 3. The van der Waals surface area contributed by atoms with E-state index in [4.69, 9.17) is 11.6 Å². The molecule has 0 spiro atoms. The van der Waals surface area contributed by atoms with E-state index in [2.05, 4.69) is 11.8 Å². The summed E-state index contributed by atoms with van der Waals surface area (Å²) in [5.41, 5.74) is -0.530. The number of aliphatic hydroxyl groups is 1. The zero-order valence-corrected chi connectivity index (χ0v) is 11.9. The van der Waals surface area contributed by atoms with Gasteiger partial charge >= 0.3 is 0 Å². The summed E-state index contributed by atoms with van der Waals surface area (Å²) in [4.78, 5) is 3.61. The largest absolute Gasteiger partial charge is 0.389 e. The summed E-state index contributed by atoms with van der Waals surface area (Å²) in [7, 11) is 0. The highest BCUT2D eigenvalue weighted by Crippen LogP contribution is 2.30. The number of hydrogen-bond acceptors (Lipinski definition) is 3. The zero-order valence-electron chi connectivity index (χ0n) is 10.3. The Morgan fingerprint density at radius 1 is 1.41 bits per heavy atom. The van der Waals surface area contributed by atoms with Gasteiger partial charge in [0, 0.05) is 17.8 Å². The molecule has 1 unspecified atom stereocenters. The summed E-state index contributed by atoms with van der Waals surface area (Å²) in [6.07, 6.45) is 3.61. The van der Waals surface area contributed by atoms with E-state index in [1.54, 1.807) is 11.3 Å². The number of halogens is 1. The van der Waals surface area contributed by atoms with Crippen LogP contribution < -0.4 is 0 Å². The van der Waals surface area contributed by atoms with E-state index < -0.39 is 5.60 Å². The van der Waals surface area contributed by atoms with Gasteiger partial charge in [0.2, 0.25) is 0 Å². The van der Waals surface area contributed by atoms with Crippen molar-refractivity contribution in [2.75, 3.05) is 19.6 Å². The first-order valence-electron chi connectivity index (χ1n) is 6.30. The molecule has 17 heavy (non-hydrogen) atoms. The molecule has 0 radical (unpaired) electrons. The van der Waals surface area contributed by atoms with Crippen LogP contribution in [0.3, 0.4) is 0 Å². The van der Waals surface area contributed by atoms with Crippen LogP contribution in [-0.4, -0.2) is 35.2 Å². The highest BCUT2D eigenvalue weighted by atomic mass is 35.5. The summed E-state index contributed by atoms with van der Waals surface area (Å²) >= 11 is 7.52. The summed E-state index contributed by atoms with van der Waals surface area (Å²) in [6, 6.07) is 3.95. The van der Waals surface area contributed by atoms with Crippen molar-refractivity contribution in [2.45, 2.75) is 38.2 Å². The first kappa shape index (κ1) is 13.3. The Kier molecular flexibility index (Phi) is 4.47. The predicted octanol–water partition coefficient (Wildman–Crippen LogP) is 3.18. The lowest BCUT2D eigenvalue weighted by Gasteiger charge is -2.26. The Morgan fingerprint density at radius 3 is 2.88 bits per heavy atom. The fourth-order valence-electron chi connectivity index (χ4n) is 2.50. The van der Waals surface area contributed by atoms with Crippen molar-refractivity contribution in [3.8, 4) is 0 Å². The molecule has 0 aliphatic carbocycles. The second-order valence-electron chi connectivity index (χ2n) is 4.89. The van der Waals surface area contributed by atoms with Gasteiger partial charge in [0.15, 0.2) is 0 Å². The molecule has 4 heteroatoms. The lowest BCUT2D eigenvalue weighted by molar-refractivity contribution is 0.0266. The Bertz CT molecular complexity index is 368. The van der Waals surface area contributed by atoms with Crippen LogP contribution >= 0.6 is 22.9 Å². The van der Waals surface area contributed by atoms with Crippen LogP contribution in [0.5, 0.6) is 0 Å². The lowest BCUT2D eigenvalue weighted by atomic mass is 9.90. The van der Waals surface area contributed by atoms with Gasteiger partial charge in [0.05, 0.1) is 9.94 Å². The van der Waals surface area contributed by atoms with E-state index in [-0.39, 0.29) is 0 Å². The molecular formula is C13H20ClNOS. The average molecular weight is 274 g/mol. The highest BCUT2D eigenvalue weighted by molar-refractivity contribution is 7.16. The van der Waals surface area contributed by atoms with E-state index in [1.807, 2.05) is 12.1 Å². The number of nitrogens with zero attached hydrogens (tertiary/aromatic N) is 1. The highest BCUT2D eigenvalue weighted by Gasteiger charge is 2.30. The van der Waals surface area contributed by atoms with Gasteiger partial charge in [0.1, 0.15) is 0 Å². The van der Waals surface area contributed by atoms with Crippen molar-refractivity contribution >= 4 is 22.9 Å². The van der Waals surface area contributed by atoms with E-state index >= 15 is 0 Å². The Labute approximate surface area is 112 Å². The smallest absolute Gasteiger partial charge is 0.0931 e.